The molecule has 0 aliphatic carbocycles. The Labute approximate surface area is 74.5 Å². The quantitative estimate of drug-likeness (QED) is 0.546. The molecular weight excluding hydrogens is 172 g/mol. The third-order valence-corrected chi connectivity index (χ3v) is 1.50. The Morgan fingerprint density at radius 1 is 1.38 bits per heavy atom. The van der Waals surface area contributed by atoms with E-state index >= 15 is 0 Å². The fourth-order valence-electron chi connectivity index (χ4n) is 0.837. The van der Waals surface area contributed by atoms with Crippen LogP contribution in [0.25, 0.3) is 0 Å². The molecule has 1 rings (SSSR count). The molecule has 5 nitrogen and oxygen atoms in total. The van der Waals surface area contributed by atoms with Crippen molar-refractivity contribution < 1.29 is 9.72 Å². The van der Waals surface area contributed by atoms with Gasteiger partial charge in [0, 0.05) is 24.7 Å². The Hall–Kier alpha value is -1.91. The van der Waals surface area contributed by atoms with Crippen LogP contribution in [-0.4, -0.2) is 10.8 Å². The second-order valence-electron chi connectivity index (χ2n) is 2.31. The molecule has 0 fully saturated rings. The van der Waals surface area contributed by atoms with E-state index < -0.39 is 4.92 Å². The van der Waals surface area contributed by atoms with Gasteiger partial charge in [-0.2, -0.15) is 0 Å². The standard InChI is InChI=1S/C8H7N2O3/c1-9-8(11)6-2-4-7(5-3-6)10(12)13/h2-5H,1H2,(H,9,11). The second kappa shape index (κ2) is 3.66. The summed E-state index contributed by atoms with van der Waals surface area (Å²) in [4.78, 5) is 20.7. The van der Waals surface area contributed by atoms with Crippen LogP contribution < -0.4 is 5.32 Å². The number of non-ortho nitro benzene ring substituents is 1. The number of nitro groups is 1. The lowest BCUT2D eigenvalue weighted by molar-refractivity contribution is -0.384. The number of rotatable bonds is 2. The predicted molar refractivity (Wildman–Crippen MR) is 45.9 cm³/mol. The fourth-order valence-corrected chi connectivity index (χ4v) is 0.837. The summed E-state index contributed by atoms with van der Waals surface area (Å²) in [6, 6.07) is 5.28. The number of hydrogen-bond acceptors (Lipinski definition) is 3. The van der Waals surface area contributed by atoms with E-state index in [1.807, 2.05) is 0 Å². The molecule has 1 amide bonds. The first-order valence-electron chi connectivity index (χ1n) is 3.47. The molecule has 0 atom stereocenters. The highest BCUT2D eigenvalue weighted by Crippen LogP contribution is 2.11. The van der Waals surface area contributed by atoms with Crippen molar-refractivity contribution in [1.82, 2.24) is 5.32 Å². The first-order valence-corrected chi connectivity index (χ1v) is 3.47. The van der Waals surface area contributed by atoms with Crippen LogP contribution in [-0.2, 0) is 0 Å². The van der Waals surface area contributed by atoms with Gasteiger partial charge in [0.05, 0.1) is 4.92 Å². The average Bonchev–Trinajstić information content (AvgIpc) is 2.17. The highest BCUT2D eigenvalue weighted by atomic mass is 16.6. The minimum Gasteiger partial charge on any atom is -0.350 e. The van der Waals surface area contributed by atoms with Crippen molar-refractivity contribution in [1.29, 1.82) is 0 Å². The SMILES string of the molecule is [CH2]NC(=O)c1ccc([N+](=O)[O-])cc1. The van der Waals surface area contributed by atoms with Gasteiger partial charge >= 0.3 is 0 Å². The number of carbonyl (C=O) groups excluding carboxylic acids is 1. The van der Waals surface area contributed by atoms with Gasteiger partial charge in [-0.05, 0) is 12.1 Å². The number of carbonyl (C=O) groups is 1. The molecule has 1 aromatic carbocycles. The zero-order valence-electron chi connectivity index (χ0n) is 6.69. The molecule has 0 saturated carbocycles. The fraction of sp³-hybridized carbons (Fsp3) is 0. The van der Waals surface area contributed by atoms with Crippen LogP contribution in [0.5, 0.6) is 0 Å². The van der Waals surface area contributed by atoms with E-state index in [0.29, 0.717) is 5.56 Å². The lowest BCUT2D eigenvalue weighted by Crippen LogP contribution is -2.15. The molecule has 0 spiro atoms. The molecule has 0 aliphatic rings. The number of hydrogen-bond donors (Lipinski definition) is 1. The lowest BCUT2D eigenvalue weighted by Gasteiger charge is -1.97. The van der Waals surface area contributed by atoms with Crippen molar-refractivity contribution >= 4 is 11.6 Å². The summed E-state index contributed by atoms with van der Waals surface area (Å²) in [7, 11) is 3.19. The molecule has 0 bridgehead atoms. The van der Waals surface area contributed by atoms with E-state index in [1.54, 1.807) is 0 Å². The van der Waals surface area contributed by atoms with Gasteiger partial charge in [-0.3, -0.25) is 14.9 Å². The van der Waals surface area contributed by atoms with E-state index in [1.165, 1.54) is 24.3 Å². The number of amides is 1. The topological polar surface area (TPSA) is 72.2 Å². The molecule has 67 valence electrons. The van der Waals surface area contributed by atoms with Gasteiger partial charge in [-0.15, -0.1) is 0 Å². The first-order chi connectivity index (χ1) is 6.15. The van der Waals surface area contributed by atoms with Crippen LogP contribution in [0.2, 0.25) is 0 Å². The van der Waals surface area contributed by atoms with E-state index in [4.69, 9.17) is 0 Å². The summed E-state index contributed by atoms with van der Waals surface area (Å²) in [5.74, 6) is -0.366. The Bertz CT molecular complexity index is 332. The molecule has 1 N–H and O–H groups in total. The maximum absolute atomic E-state index is 11.0. The molecule has 13 heavy (non-hydrogen) atoms. The van der Waals surface area contributed by atoms with E-state index in [2.05, 4.69) is 12.4 Å². The van der Waals surface area contributed by atoms with Crippen molar-refractivity contribution in [2.75, 3.05) is 0 Å². The molecule has 0 aliphatic heterocycles. The normalized spacial score (nSPS) is 9.31. The Kier molecular flexibility index (Phi) is 2.59. The highest BCUT2D eigenvalue weighted by Gasteiger charge is 2.07. The Morgan fingerprint density at radius 3 is 2.31 bits per heavy atom. The van der Waals surface area contributed by atoms with Crippen LogP contribution >= 0.6 is 0 Å². The van der Waals surface area contributed by atoms with Gasteiger partial charge in [-0.1, -0.05) is 0 Å². The van der Waals surface area contributed by atoms with E-state index in [9.17, 15) is 14.9 Å². The predicted octanol–water partition coefficient (Wildman–Crippen LogP) is 1.12. The number of nitrogens with one attached hydrogen (secondary N) is 1. The lowest BCUT2D eigenvalue weighted by atomic mass is 10.2. The Morgan fingerprint density at radius 2 is 1.92 bits per heavy atom. The van der Waals surface area contributed by atoms with Crippen LogP contribution in [0, 0.1) is 17.2 Å². The van der Waals surface area contributed by atoms with Crippen LogP contribution in [0.4, 0.5) is 5.69 Å². The zero-order chi connectivity index (χ0) is 9.84. The molecule has 5 heteroatoms. The summed E-state index contributed by atoms with van der Waals surface area (Å²) >= 11 is 0. The zero-order valence-corrected chi connectivity index (χ0v) is 6.69. The third-order valence-electron chi connectivity index (χ3n) is 1.50. The highest BCUT2D eigenvalue weighted by molar-refractivity contribution is 5.94. The summed E-state index contributed by atoms with van der Waals surface area (Å²) in [6.07, 6.45) is 0. The summed E-state index contributed by atoms with van der Waals surface area (Å²) in [5, 5.41) is 12.4. The molecule has 0 unspecified atom stereocenters. The maximum atomic E-state index is 11.0. The van der Waals surface area contributed by atoms with E-state index in [0.717, 1.165) is 0 Å². The molecule has 0 aromatic heterocycles. The summed E-state index contributed by atoms with van der Waals surface area (Å²) < 4.78 is 0. The van der Waals surface area contributed by atoms with Crippen molar-refractivity contribution in [3.05, 3.63) is 47.0 Å². The molecule has 1 aromatic rings. The number of benzene rings is 1. The van der Waals surface area contributed by atoms with Crippen LogP contribution in [0.3, 0.4) is 0 Å². The smallest absolute Gasteiger partial charge is 0.269 e. The van der Waals surface area contributed by atoms with Crippen molar-refractivity contribution in [2.45, 2.75) is 0 Å². The minimum atomic E-state index is -0.522. The summed E-state index contributed by atoms with van der Waals surface area (Å²) in [6.45, 7) is 0. The van der Waals surface area contributed by atoms with Crippen molar-refractivity contribution in [3.63, 3.8) is 0 Å². The molecule has 0 heterocycles. The number of nitrogens with zero attached hydrogens (tertiary/aromatic N) is 1. The molecular formula is C8H7N2O3. The van der Waals surface area contributed by atoms with Gasteiger partial charge in [0.15, 0.2) is 0 Å². The van der Waals surface area contributed by atoms with E-state index in [-0.39, 0.29) is 11.6 Å². The average molecular weight is 179 g/mol. The van der Waals surface area contributed by atoms with Gasteiger partial charge in [0.25, 0.3) is 11.6 Å². The molecule has 0 saturated heterocycles. The van der Waals surface area contributed by atoms with Crippen molar-refractivity contribution in [2.24, 2.45) is 0 Å². The maximum Gasteiger partial charge on any atom is 0.269 e. The largest absolute Gasteiger partial charge is 0.350 e. The molecule has 1 radical (unpaired) electrons. The van der Waals surface area contributed by atoms with Gasteiger partial charge in [-0.25, -0.2) is 0 Å². The summed E-state index contributed by atoms with van der Waals surface area (Å²) in [5.41, 5.74) is 0.307. The monoisotopic (exact) mass is 179 g/mol. The minimum absolute atomic E-state index is 0.0411. The Balaban J connectivity index is 2.93. The van der Waals surface area contributed by atoms with Crippen molar-refractivity contribution in [3.8, 4) is 0 Å². The van der Waals surface area contributed by atoms with Gasteiger partial charge in [0.2, 0.25) is 0 Å². The second-order valence-corrected chi connectivity index (χ2v) is 2.31. The van der Waals surface area contributed by atoms with Gasteiger partial charge < -0.3 is 5.32 Å². The number of nitro benzene ring substituents is 1. The third kappa shape index (κ3) is 2.02. The van der Waals surface area contributed by atoms with Crippen LogP contribution in [0.1, 0.15) is 10.4 Å². The van der Waals surface area contributed by atoms with Gasteiger partial charge in [0.1, 0.15) is 0 Å². The van der Waals surface area contributed by atoms with Crippen LogP contribution in [0.15, 0.2) is 24.3 Å². The first kappa shape index (κ1) is 9.18.